The Morgan fingerprint density at radius 3 is 2.89 bits per heavy atom. The summed E-state index contributed by atoms with van der Waals surface area (Å²) in [5.41, 5.74) is 0. The van der Waals surface area contributed by atoms with Gasteiger partial charge in [0, 0.05) is 18.7 Å². The van der Waals surface area contributed by atoms with E-state index in [0.717, 1.165) is 31.6 Å². The van der Waals surface area contributed by atoms with Gasteiger partial charge in [0.05, 0.1) is 6.26 Å². The highest BCUT2D eigenvalue weighted by atomic mass is 16.3. The van der Waals surface area contributed by atoms with Crippen molar-refractivity contribution in [2.45, 2.75) is 39.2 Å². The van der Waals surface area contributed by atoms with Crippen molar-refractivity contribution in [3.8, 4) is 0 Å². The summed E-state index contributed by atoms with van der Waals surface area (Å²) in [4.78, 5) is 14.1. The quantitative estimate of drug-likeness (QED) is 0.722. The normalized spacial score (nSPS) is 15.5. The highest BCUT2D eigenvalue weighted by molar-refractivity contribution is 5.91. The first-order valence-corrected chi connectivity index (χ1v) is 6.69. The Balaban J connectivity index is 1.91. The summed E-state index contributed by atoms with van der Waals surface area (Å²) in [5.74, 6) is 1.46. The van der Waals surface area contributed by atoms with Crippen molar-refractivity contribution < 1.29 is 9.21 Å². The van der Waals surface area contributed by atoms with Crippen LogP contribution in [0.1, 0.15) is 38.9 Å². The molecule has 3 heteroatoms. The summed E-state index contributed by atoms with van der Waals surface area (Å²) in [5, 5.41) is 0. The van der Waals surface area contributed by atoms with Crippen LogP contribution in [-0.2, 0) is 4.79 Å². The molecule has 98 valence electrons. The molecule has 0 unspecified atom stereocenters. The lowest BCUT2D eigenvalue weighted by Crippen LogP contribution is -2.33. The molecule has 0 N–H and O–H groups in total. The lowest BCUT2D eigenvalue weighted by molar-refractivity contribution is -0.126. The number of hydrogen-bond acceptors (Lipinski definition) is 2. The van der Waals surface area contributed by atoms with E-state index < -0.39 is 0 Å². The first-order valence-electron chi connectivity index (χ1n) is 6.69. The zero-order valence-electron chi connectivity index (χ0n) is 11.1. The second-order valence-electron chi connectivity index (χ2n) is 5.29. The van der Waals surface area contributed by atoms with Crippen LogP contribution in [0, 0.1) is 5.92 Å². The molecule has 0 aromatic carbocycles. The summed E-state index contributed by atoms with van der Waals surface area (Å²) >= 11 is 0. The highest BCUT2D eigenvalue weighted by Crippen LogP contribution is 2.27. The maximum absolute atomic E-state index is 12.1. The minimum atomic E-state index is 0.106. The van der Waals surface area contributed by atoms with E-state index in [-0.39, 0.29) is 5.91 Å². The molecule has 0 radical (unpaired) electrons. The van der Waals surface area contributed by atoms with Crippen molar-refractivity contribution in [1.29, 1.82) is 0 Å². The van der Waals surface area contributed by atoms with Gasteiger partial charge in [-0.05, 0) is 43.4 Å². The summed E-state index contributed by atoms with van der Waals surface area (Å²) < 4.78 is 5.18. The third kappa shape index (κ3) is 3.76. The maximum atomic E-state index is 12.1. The van der Waals surface area contributed by atoms with Gasteiger partial charge in [-0.2, -0.15) is 0 Å². The Kier molecular flexibility index (Phi) is 4.24. The average molecular weight is 247 g/mol. The standard InChI is InChI=1S/C15H21NO2/c1-12(2)9-10-16(13-5-6-13)15(17)8-7-14-4-3-11-18-14/h3-4,7-8,11-13H,5-6,9-10H2,1-2H3/b8-7+. The Bertz CT molecular complexity index is 402. The number of rotatable bonds is 6. The Labute approximate surface area is 108 Å². The fraction of sp³-hybridized carbons (Fsp3) is 0.533. The number of carbonyl (C=O) groups excluding carboxylic acids is 1. The maximum Gasteiger partial charge on any atom is 0.246 e. The predicted octanol–water partition coefficient (Wildman–Crippen LogP) is 3.33. The van der Waals surface area contributed by atoms with Crippen molar-refractivity contribution >= 4 is 12.0 Å². The van der Waals surface area contributed by atoms with Gasteiger partial charge in [-0.1, -0.05) is 13.8 Å². The molecule has 18 heavy (non-hydrogen) atoms. The molecule has 1 aliphatic rings. The second-order valence-corrected chi connectivity index (χ2v) is 5.29. The number of nitrogens with zero attached hydrogens (tertiary/aromatic N) is 1. The fourth-order valence-corrected chi connectivity index (χ4v) is 1.89. The number of hydrogen-bond donors (Lipinski definition) is 0. The van der Waals surface area contributed by atoms with E-state index in [2.05, 4.69) is 13.8 Å². The Hall–Kier alpha value is -1.51. The van der Waals surface area contributed by atoms with Gasteiger partial charge < -0.3 is 9.32 Å². The largest absolute Gasteiger partial charge is 0.465 e. The van der Waals surface area contributed by atoms with Crippen molar-refractivity contribution in [3.05, 3.63) is 30.2 Å². The van der Waals surface area contributed by atoms with Crippen LogP contribution in [-0.4, -0.2) is 23.4 Å². The zero-order valence-corrected chi connectivity index (χ0v) is 11.1. The van der Waals surface area contributed by atoms with Gasteiger partial charge in [0.2, 0.25) is 5.91 Å². The van der Waals surface area contributed by atoms with Crippen molar-refractivity contribution in [1.82, 2.24) is 4.90 Å². The number of carbonyl (C=O) groups is 1. The molecule has 1 saturated carbocycles. The summed E-state index contributed by atoms with van der Waals surface area (Å²) in [6.07, 6.45) is 8.35. The summed E-state index contributed by atoms with van der Waals surface area (Å²) in [7, 11) is 0. The fourth-order valence-electron chi connectivity index (χ4n) is 1.89. The molecule has 0 spiro atoms. The molecule has 2 rings (SSSR count). The first-order chi connectivity index (χ1) is 8.66. The van der Waals surface area contributed by atoms with Crippen LogP contribution in [0.15, 0.2) is 28.9 Å². The van der Waals surface area contributed by atoms with E-state index in [9.17, 15) is 4.79 Å². The van der Waals surface area contributed by atoms with E-state index in [4.69, 9.17) is 4.42 Å². The van der Waals surface area contributed by atoms with Crippen molar-refractivity contribution in [2.75, 3.05) is 6.54 Å². The lowest BCUT2D eigenvalue weighted by Gasteiger charge is -2.21. The predicted molar refractivity (Wildman–Crippen MR) is 71.9 cm³/mol. The van der Waals surface area contributed by atoms with Crippen LogP contribution in [0.4, 0.5) is 0 Å². The number of furan rings is 1. The molecule has 0 bridgehead atoms. The molecule has 0 aliphatic heterocycles. The molecular weight excluding hydrogens is 226 g/mol. The summed E-state index contributed by atoms with van der Waals surface area (Å²) in [6, 6.07) is 4.14. The Morgan fingerprint density at radius 1 is 1.56 bits per heavy atom. The zero-order chi connectivity index (χ0) is 13.0. The minimum Gasteiger partial charge on any atom is -0.465 e. The average Bonchev–Trinajstić information content (AvgIpc) is 3.03. The van der Waals surface area contributed by atoms with Crippen LogP contribution in [0.5, 0.6) is 0 Å². The lowest BCUT2D eigenvalue weighted by atomic mass is 10.1. The van der Waals surface area contributed by atoms with Crippen LogP contribution in [0.2, 0.25) is 0 Å². The molecule has 1 aromatic rings. The highest BCUT2D eigenvalue weighted by Gasteiger charge is 2.31. The van der Waals surface area contributed by atoms with Gasteiger partial charge in [-0.15, -0.1) is 0 Å². The van der Waals surface area contributed by atoms with E-state index in [1.54, 1.807) is 18.4 Å². The SMILES string of the molecule is CC(C)CCN(C(=O)/C=C/c1ccco1)C1CC1. The van der Waals surface area contributed by atoms with E-state index in [1.807, 2.05) is 17.0 Å². The van der Waals surface area contributed by atoms with Gasteiger partial charge in [0.25, 0.3) is 0 Å². The first kappa shape index (κ1) is 12.9. The summed E-state index contributed by atoms with van der Waals surface area (Å²) in [6.45, 7) is 5.24. The van der Waals surface area contributed by atoms with Crippen molar-refractivity contribution in [3.63, 3.8) is 0 Å². The van der Waals surface area contributed by atoms with Crippen LogP contribution in [0.25, 0.3) is 6.08 Å². The molecule has 1 fully saturated rings. The van der Waals surface area contributed by atoms with E-state index >= 15 is 0 Å². The minimum absolute atomic E-state index is 0.106. The van der Waals surface area contributed by atoms with Crippen LogP contribution < -0.4 is 0 Å². The second kappa shape index (κ2) is 5.89. The van der Waals surface area contributed by atoms with E-state index in [1.165, 1.54) is 0 Å². The van der Waals surface area contributed by atoms with Gasteiger partial charge in [0.15, 0.2) is 0 Å². The van der Waals surface area contributed by atoms with Gasteiger partial charge in [-0.25, -0.2) is 0 Å². The molecule has 1 aromatic heterocycles. The number of amides is 1. The molecule has 3 nitrogen and oxygen atoms in total. The van der Waals surface area contributed by atoms with E-state index in [0.29, 0.717) is 12.0 Å². The van der Waals surface area contributed by atoms with Crippen molar-refractivity contribution in [2.24, 2.45) is 5.92 Å². The molecular formula is C15H21NO2. The molecule has 0 saturated heterocycles. The molecule has 1 amide bonds. The molecule has 0 atom stereocenters. The van der Waals surface area contributed by atoms with Crippen LogP contribution >= 0.6 is 0 Å². The smallest absolute Gasteiger partial charge is 0.246 e. The van der Waals surface area contributed by atoms with Gasteiger partial charge in [0.1, 0.15) is 5.76 Å². The monoisotopic (exact) mass is 247 g/mol. The Morgan fingerprint density at radius 2 is 2.33 bits per heavy atom. The van der Waals surface area contributed by atoms with Gasteiger partial charge in [-0.3, -0.25) is 4.79 Å². The van der Waals surface area contributed by atoms with Crippen LogP contribution in [0.3, 0.4) is 0 Å². The van der Waals surface area contributed by atoms with Gasteiger partial charge >= 0.3 is 0 Å². The third-order valence-corrected chi connectivity index (χ3v) is 3.15. The third-order valence-electron chi connectivity index (χ3n) is 3.15. The molecule has 1 aliphatic carbocycles. The topological polar surface area (TPSA) is 33.5 Å². The molecule has 1 heterocycles.